The van der Waals surface area contributed by atoms with Gasteiger partial charge in [-0.15, -0.1) is 0 Å². The van der Waals surface area contributed by atoms with E-state index in [1.165, 1.54) is 12.3 Å². The van der Waals surface area contributed by atoms with Crippen LogP contribution in [0, 0.1) is 5.82 Å². The van der Waals surface area contributed by atoms with Crippen LogP contribution in [0.4, 0.5) is 4.39 Å². The lowest BCUT2D eigenvalue weighted by atomic mass is 9.94. The maximum Gasteiger partial charge on any atom is 0.147 e. The Morgan fingerprint density at radius 1 is 1.62 bits per heavy atom. The van der Waals surface area contributed by atoms with Gasteiger partial charge in [0.15, 0.2) is 0 Å². The molecular weight excluding hydrogens is 173 g/mol. The third-order valence-corrected chi connectivity index (χ3v) is 2.27. The molecule has 0 aliphatic carbocycles. The first-order valence-electron chi connectivity index (χ1n) is 4.12. The van der Waals surface area contributed by atoms with E-state index in [4.69, 9.17) is 4.74 Å². The van der Waals surface area contributed by atoms with Crippen molar-refractivity contribution in [1.82, 2.24) is 4.98 Å². The maximum atomic E-state index is 13.2. The molecule has 1 fully saturated rings. The highest BCUT2D eigenvalue weighted by atomic mass is 19.1. The second-order valence-electron chi connectivity index (χ2n) is 3.19. The highest BCUT2D eigenvalue weighted by Crippen LogP contribution is 2.31. The minimum absolute atomic E-state index is 0.161. The van der Waals surface area contributed by atoms with E-state index in [1.54, 1.807) is 0 Å². The first-order chi connectivity index (χ1) is 6.22. The number of hydrogen-bond donors (Lipinski definition) is 1. The van der Waals surface area contributed by atoms with Gasteiger partial charge in [-0.3, -0.25) is 4.98 Å². The van der Waals surface area contributed by atoms with Gasteiger partial charge in [-0.2, -0.15) is 0 Å². The van der Waals surface area contributed by atoms with E-state index in [2.05, 4.69) is 4.98 Å². The number of aliphatic hydroxyl groups is 1. The van der Waals surface area contributed by atoms with Gasteiger partial charge in [0.05, 0.1) is 12.8 Å². The zero-order valence-corrected chi connectivity index (χ0v) is 7.03. The average molecular weight is 183 g/mol. The van der Waals surface area contributed by atoms with Crippen LogP contribution in [-0.4, -0.2) is 23.3 Å². The summed E-state index contributed by atoms with van der Waals surface area (Å²) in [5.74, 6) is -0.476. The Labute approximate surface area is 75.2 Å². The SMILES string of the molecule is OC1(c2ccncc2F)CCOC1. The number of rotatable bonds is 1. The van der Waals surface area contributed by atoms with Gasteiger partial charge < -0.3 is 9.84 Å². The minimum atomic E-state index is -1.16. The van der Waals surface area contributed by atoms with Gasteiger partial charge in [-0.1, -0.05) is 0 Å². The molecule has 2 heterocycles. The van der Waals surface area contributed by atoms with E-state index in [-0.39, 0.29) is 12.2 Å². The number of halogens is 1. The van der Waals surface area contributed by atoms with Crippen molar-refractivity contribution >= 4 is 0 Å². The molecule has 1 unspecified atom stereocenters. The van der Waals surface area contributed by atoms with Gasteiger partial charge in [0.25, 0.3) is 0 Å². The van der Waals surface area contributed by atoms with Crippen LogP contribution in [0.25, 0.3) is 0 Å². The zero-order valence-electron chi connectivity index (χ0n) is 7.03. The molecule has 1 aliphatic heterocycles. The van der Waals surface area contributed by atoms with Gasteiger partial charge in [0, 0.05) is 24.8 Å². The van der Waals surface area contributed by atoms with Crippen molar-refractivity contribution in [3.63, 3.8) is 0 Å². The summed E-state index contributed by atoms with van der Waals surface area (Å²) in [5, 5.41) is 9.95. The van der Waals surface area contributed by atoms with Crippen LogP contribution in [0.1, 0.15) is 12.0 Å². The maximum absolute atomic E-state index is 13.2. The monoisotopic (exact) mass is 183 g/mol. The van der Waals surface area contributed by atoms with Crippen LogP contribution >= 0.6 is 0 Å². The number of nitrogens with zero attached hydrogens (tertiary/aromatic N) is 1. The standard InChI is InChI=1S/C9H10FNO2/c10-8-5-11-3-1-7(8)9(12)2-4-13-6-9/h1,3,5,12H,2,4,6H2. The van der Waals surface area contributed by atoms with E-state index >= 15 is 0 Å². The largest absolute Gasteiger partial charge is 0.383 e. The lowest BCUT2D eigenvalue weighted by Gasteiger charge is -2.20. The first-order valence-corrected chi connectivity index (χ1v) is 4.12. The predicted octanol–water partition coefficient (Wildman–Crippen LogP) is 0.829. The van der Waals surface area contributed by atoms with E-state index < -0.39 is 11.4 Å². The van der Waals surface area contributed by atoms with Crippen molar-refractivity contribution in [2.45, 2.75) is 12.0 Å². The molecule has 0 amide bonds. The number of ether oxygens (including phenoxy) is 1. The fourth-order valence-corrected chi connectivity index (χ4v) is 1.52. The molecule has 1 atom stereocenters. The van der Waals surface area contributed by atoms with E-state index in [0.717, 1.165) is 6.20 Å². The quantitative estimate of drug-likeness (QED) is 0.701. The minimum Gasteiger partial charge on any atom is -0.383 e. The molecule has 0 radical (unpaired) electrons. The molecule has 0 bridgehead atoms. The fraction of sp³-hybridized carbons (Fsp3) is 0.444. The zero-order chi connectivity index (χ0) is 9.31. The molecule has 4 heteroatoms. The fourth-order valence-electron chi connectivity index (χ4n) is 1.52. The summed E-state index contributed by atoms with van der Waals surface area (Å²) in [5.41, 5.74) is -0.882. The van der Waals surface area contributed by atoms with Gasteiger partial charge in [-0.05, 0) is 6.07 Å². The topological polar surface area (TPSA) is 42.4 Å². The van der Waals surface area contributed by atoms with Crippen molar-refractivity contribution in [3.8, 4) is 0 Å². The summed E-state index contributed by atoms with van der Waals surface area (Å²) in [4.78, 5) is 3.62. The van der Waals surface area contributed by atoms with Crippen molar-refractivity contribution in [1.29, 1.82) is 0 Å². The van der Waals surface area contributed by atoms with E-state index in [0.29, 0.717) is 13.0 Å². The molecule has 70 valence electrons. The Morgan fingerprint density at radius 3 is 3.08 bits per heavy atom. The molecule has 0 saturated carbocycles. The first kappa shape index (κ1) is 8.59. The van der Waals surface area contributed by atoms with Gasteiger partial charge in [0.2, 0.25) is 0 Å². The molecule has 0 spiro atoms. The molecule has 1 aliphatic rings. The van der Waals surface area contributed by atoms with Crippen LogP contribution in [0.3, 0.4) is 0 Å². The Bertz CT molecular complexity index is 310. The van der Waals surface area contributed by atoms with Crippen molar-refractivity contribution in [2.75, 3.05) is 13.2 Å². The Hall–Kier alpha value is -1.00. The molecular formula is C9H10FNO2. The summed E-state index contributed by atoms with van der Waals surface area (Å²) in [7, 11) is 0. The summed E-state index contributed by atoms with van der Waals surface area (Å²) < 4.78 is 18.2. The normalized spacial score (nSPS) is 27.8. The van der Waals surface area contributed by atoms with E-state index in [1.807, 2.05) is 0 Å². The van der Waals surface area contributed by atoms with Crippen molar-refractivity contribution in [3.05, 3.63) is 29.8 Å². The third-order valence-electron chi connectivity index (χ3n) is 2.27. The third kappa shape index (κ3) is 1.43. The van der Waals surface area contributed by atoms with E-state index in [9.17, 15) is 9.50 Å². The van der Waals surface area contributed by atoms with Crippen LogP contribution in [-0.2, 0) is 10.3 Å². The Kier molecular flexibility index (Phi) is 2.01. The van der Waals surface area contributed by atoms with Gasteiger partial charge in [0.1, 0.15) is 11.4 Å². The van der Waals surface area contributed by atoms with Crippen molar-refractivity contribution < 1.29 is 14.2 Å². The highest BCUT2D eigenvalue weighted by Gasteiger charge is 2.36. The highest BCUT2D eigenvalue weighted by molar-refractivity contribution is 5.22. The summed E-state index contributed by atoms with van der Waals surface area (Å²) in [6, 6.07) is 1.49. The smallest absolute Gasteiger partial charge is 0.147 e. The van der Waals surface area contributed by atoms with Crippen LogP contribution < -0.4 is 0 Å². The predicted molar refractivity (Wildman–Crippen MR) is 43.5 cm³/mol. The van der Waals surface area contributed by atoms with Gasteiger partial charge in [-0.25, -0.2) is 4.39 Å². The van der Waals surface area contributed by atoms with Gasteiger partial charge >= 0.3 is 0 Å². The molecule has 2 rings (SSSR count). The molecule has 13 heavy (non-hydrogen) atoms. The Morgan fingerprint density at radius 2 is 2.46 bits per heavy atom. The summed E-state index contributed by atoms with van der Waals surface area (Å²) >= 11 is 0. The number of hydrogen-bond acceptors (Lipinski definition) is 3. The second kappa shape index (κ2) is 3.05. The Balaban J connectivity index is 2.39. The molecule has 0 aromatic carbocycles. The summed E-state index contributed by atoms with van der Waals surface area (Å²) in [6.45, 7) is 0.631. The lowest BCUT2D eigenvalue weighted by molar-refractivity contribution is 0.0201. The molecule has 1 saturated heterocycles. The lowest BCUT2D eigenvalue weighted by Crippen LogP contribution is -2.27. The number of aromatic nitrogens is 1. The second-order valence-corrected chi connectivity index (χ2v) is 3.19. The molecule has 1 N–H and O–H groups in total. The molecule has 1 aromatic heterocycles. The number of pyridine rings is 1. The van der Waals surface area contributed by atoms with Crippen LogP contribution in [0.5, 0.6) is 0 Å². The van der Waals surface area contributed by atoms with Crippen LogP contribution in [0.2, 0.25) is 0 Å². The average Bonchev–Trinajstić information content (AvgIpc) is 2.54. The molecule has 1 aromatic rings. The molecule has 3 nitrogen and oxygen atoms in total. The summed E-state index contributed by atoms with van der Waals surface area (Å²) in [6.07, 6.45) is 3.01. The van der Waals surface area contributed by atoms with Crippen LogP contribution in [0.15, 0.2) is 18.5 Å². The van der Waals surface area contributed by atoms with Crippen molar-refractivity contribution in [2.24, 2.45) is 0 Å².